The molecule has 0 fully saturated rings. The van der Waals surface area contributed by atoms with Crippen LogP contribution < -0.4 is 15.4 Å². The van der Waals surface area contributed by atoms with Crippen LogP contribution in [0.4, 0.5) is 8.78 Å². The zero-order valence-corrected chi connectivity index (χ0v) is 17.0. The van der Waals surface area contributed by atoms with Gasteiger partial charge in [-0.2, -0.15) is 0 Å². The van der Waals surface area contributed by atoms with Gasteiger partial charge in [-0.25, -0.2) is 13.8 Å². The Bertz CT molecular complexity index is 650. The van der Waals surface area contributed by atoms with Crippen LogP contribution in [0.2, 0.25) is 0 Å². The minimum atomic E-state index is -2.48. The molecule has 0 aliphatic rings. The second-order valence-electron chi connectivity index (χ2n) is 5.39. The Morgan fingerprint density at radius 1 is 1.19 bits per heavy atom. The molecular weight excluding hydrogens is 453 g/mol. The van der Waals surface area contributed by atoms with Crippen LogP contribution in [0, 0.1) is 0 Å². The third-order valence-electron chi connectivity index (χ3n) is 3.37. The highest BCUT2D eigenvalue weighted by atomic mass is 127. The highest BCUT2D eigenvalue weighted by molar-refractivity contribution is 14.0. The summed E-state index contributed by atoms with van der Waals surface area (Å²) in [6.07, 6.45) is 1.54. The van der Waals surface area contributed by atoms with Gasteiger partial charge < -0.3 is 19.9 Å². The van der Waals surface area contributed by atoms with Gasteiger partial charge >= 0.3 is 0 Å². The van der Waals surface area contributed by atoms with E-state index < -0.39 is 13.0 Å². The molecule has 0 aliphatic carbocycles. The second-order valence-corrected chi connectivity index (χ2v) is 5.39. The number of ether oxygens (including phenoxy) is 1. The van der Waals surface area contributed by atoms with Crippen LogP contribution in [0.15, 0.2) is 53.8 Å². The molecule has 26 heavy (non-hydrogen) atoms. The first-order chi connectivity index (χ1) is 12.2. The molecule has 1 heterocycles. The Morgan fingerprint density at radius 2 is 1.96 bits per heavy atom. The molecule has 8 heteroatoms. The molecule has 0 spiro atoms. The number of alkyl halides is 2. The van der Waals surface area contributed by atoms with E-state index in [0.717, 1.165) is 25.2 Å². The smallest absolute Gasteiger partial charge is 0.272 e. The molecule has 0 unspecified atom stereocenters. The van der Waals surface area contributed by atoms with Gasteiger partial charge in [-0.15, -0.1) is 24.0 Å². The van der Waals surface area contributed by atoms with E-state index in [2.05, 4.69) is 20.2 Å². The zero-order chi connectivity index (χ0) is 17.9. The molecule has 2 aromatic rings. The topological polar surface area (TPSA) is 50.6 Å². The third-order valence-corrected chi connectivity index (χ3v) is 3.37. The van der Waals surface area contributed by atoms with Gasteiger partial charge in [0.2, 0.25) is 0 Å². The Kier molecular flexibility index (Phi) is 10.7. The van der Waals surface area contributed by atoms with Crippen LogP contribution in [-0.4, -0.2) is 36.6 Å². The van der Waals surface area contributed by atoms with Crippen molar-refractivity contribution in [2.75, 3.05) is 19.7 Å². The SMILES string of the molecule is CCNC(=NCc1cccc(OCC(F)F)c1)NCCn1cccc1.I. The van der Waals surface area contributed by atoms with Crippen molar-refractivity contribution in [3.8, 4) is 5.75 Å². The van der Waals surface area contributed by atoms with E-state index in [0.29, 0.717) is 18.3 Å². The molecular formula is C18H25F2IN4O. The van der Waals surface area contributed by atoms with Crippen LogP contribution in [0.25, 0.3) is 0 Å². The number of halogens is 3. The summed E-state index contributed by atoms with van der Waals surface area (Å²) in [5.74, 6) is 1.15. The average Bonchev–Trinajstić information content (AvgIpc) is 3.12. The average molecular weight is 478 g/mol. The fourth-order valence-corrected chi connectivity index (χ4v) is 2.23. The summed E-state index contributed by atoms with van der Waals surface area (Å²) in [4.78, 5) is 4.52. The number of nitrogens with zero attached hydrogens (tertiary/aromatic N) is 2. The standard InChI is InChI=1S/C18H24F2N4O.HI/c1-2-21-18(22-8-11-24-9-3-4-10-24)23-13-15-6-5-7-16(12-15)25-14-17(19)20;/h3-7,9-10,12,17H,2,8,11,13-14H2,1H3,(H2,21,22,23);1H. The maximum Gasteiger partial charge on any atom is 0.272 e. The van der Waals surface area contributed by atoms with Gasteiger partial charge in [-0.1, -0.05) is 12.1 Å². The number of aliphatic imine (C=N–C) groups is 1. The summed E-state index contributed by atoms with van der Waals surface area (Å²) < 4.78 is 31.5. The summed E-state index contributed by atoms with van der Waals surface area (Å²) in [7, 11) is 0. The number of guanidine groups is 1. The second kappa shape index (κ2) is 12.5. The Morgan fingerprint density at radius 3 is 2.65 bits per heavy atom. The molecule has 0 radical (unpaired) electrons. The van der Waals surface area contributed by atoms with Crippen molar-refractivity contribution < 1.29 is 13.5 Å². The molecule has 5 nitrogen and oxygen atoms in total. The molecule has 0 amide bonds. The lowest BCUT2D eigenvalue weighted by Crippen LogP contribution is -2.38. The molecule has 1 aromatic heterocycles. The van der Waals surface area contributed by atoms with E-state index in [4.69, 9.17) is 4.74 Å². The first-order valence-corrected chi connectivity index (χ1v) is 8.30. The van der Waals surface area contributed by atoms with Gasteiger partial charge in [0.05, 0.1) is 6.54 Å². The predicted molar refractivity (Wildman–Crippen MR) is 111 cm³/mol. The minimum absolute atomic E-state index is 0. The van der Waals surface area contributed by atoms with Crippen LogP contribution >= 0.6 is 24.0 Å². The first-order valence-electron chi connectivity index (χ1n) is 8.30. The van der Waals surface area contributed by atoms with Crippen molar-refractivity contribution in [1.82, 2.24) is 15.2 Å². The van der Waals surface area contributed by atoms with Crippen LogP contribution in [0.3, 0.4) is 0 Å². The van der Waals surface area contributed by atoms with Crippen LogP contribution in [-0.2, 0) is 13.1 Å². The van der Waals surface area contributed by atoms with Crippen molar-refractivity contribution in [1.29, 1.82) is 0 Å². The summed E-state index contributed by atoms with van der Waals surface area (Å²) in [5.41, 5.74) is 0.898. The summed E-state index contributed by atoms with van der Waals surface area (Å²) >= 11 is 0. The Labute approximate surface area is 169 Å². The minimum Gasteiger partial charge on any atom is -0.488 e. The monoisotopic (exact) mass is 478 g/mol. The lowest BCUT2D eigenvalue weighted by Gasteiger charge is -2.12. The van der Waals surface area contributed by atoms with Gasteiger partial charge in [-0.3, -0.25) is 0 Å². The third kappa shape index (κ3) is 8.50. The van der Waals surface area contributed by atoms with Gasteiger partial charge in [0.15, 0.2) is 5.96 Å². The van der Waals surface area contributed by atoms with Crippen LogP contribution in [0.5, 0.6) is 5.75 Å². The molecule has 0 aliphatic heterocycles. The van der Waals surface area contributed by atoms with E-state index in [1.807, 2.05) is 37.5 Å². The molecule has 0 saturated carbocycles. The number of hydrogen-bond donors (Lipinski definition) is 2. The number of aromatic nitrogens is 1. The number of benzene rings is 1. The van der Waals surface area contributed by atoms with Gasteiger partial charge in [0.25, 0.3) is 6.43 Å². The van der Waals surface area contributed by atoms with Crippen molar-refractivity contribution in [3.05, 3.63) is 54.4 Å². The zero-order valence-electron chi connectivity index (χ0n) is 14.7. The number of hydrogen-bond acceptors (Lipinski definition) is 2. The summed E-state index contributed by atoms with van der Waals surface area (Å²) in [6, 6.07) is 11.0. The van der Waals surface area contributed by atoms with E-state index in [-0.39, 0.29) is 24.0 Å². The highest BCUT2D eigenvalue weighted by Gasteiger charge is 2.04. The van der Waals surface area contributed by atoms with E-state index in [1.165, 1.54) is 0 Å². The largest absolute Gasteiger partial charge is 0.488 e. The lowest BCUT2D eigenvalue weighted by atomic mass is 10.2. The molecule has 1 aromatic carbocycles. The Balaban J connectivity index is 0.00000338. The fourth-order valence-electron chi connectivity index (χ4n) is 2.23. The molecule has 0 bridgehead atoms. The number of rotatable bonds is 9. The van der Waals surface area contributed by atoms with Gasteiger partial charge in [0, 0.05) is 32.0 Å². The summed E-state index contributed by atoms with van der Waals surface area (Å²) in [5, 5.41) is 6.46. The van der Waals surface area contributed by atoms with E-state index >= 15 is 0 Å². The van der Waals surface area contributed by atoms with Crippen LogP contribution in [0.1, 0.15) is 12.5 Å². The predicted octanol–water partition coefficient (Wildman–Crippen LogP) is 3.51. The first kappa shape index (κ1) is 22.2. The van der Waals surface area contributed by atoms with E-state index in [9.17, 15) is 8.78 Å². The molecule has 2 N–H and O–H groups in total. The molecule has 2 rings (SSSR count). The van der Waals surface area contributed by atoms with Gasteiger partial charge in [0.1, 0.15) is 12.4 Å². The quantitative estimate of drug-likeness (QED) is 0.330. The van der Waals surface area contributed by atoms with Crippen molar-refractivity contribution >= 4 is 29.9 Å². The number of nitrogens with one attached hydrogen (secondary N) is 2. The maximum atomic E-state index is 12.2. The molecule has 144 valence electrons. The van der Waals surface area contributed by atoms with Crippen molar-refractivity contribution in [2.45, 2.75) is 26.4 Å². The Hall–Kier alpha value is -1.84. The lowest BCUT2D eigenvalue weighted by molar-refractivity contribution is 0.0818. The summed E-state index contributed by atoms with van der Waals surface area (Å²) in [6.45, 7) is 4.18. The fraction of sp³-hybridized carbons (Fsp3) is 0.389. The van der Waals surface area contributed by atoms with Crippen molar-refractivity contribution in [3.63, 3.8) is 0 Å². The van der Waals surface area contributed by atoms with Crippen molar-refractivity contribution in [2.24, 2.45) is 4.99 Å². The molecule has 0 saturated heterocycles. The van der Waals surface area contributed by atoms with E-state index in [1.54, 1.807) is 18.2 Å². The normalized spacial score (nSPS) is 11.2. The molecule has 0 atom stereocenters. The maximum absolute atomic E-state index is 12.2. The van der Waals surface area contributed by atoms with Gasteiger partial charge in [-0.05, 0) is 36.8 Å². The highest BCUT2D eigenvalue weighted by Crippen LogP contribution is 2.14.